The SMILES string of the molecule is Cc1ccc(NC(=O)CCN2C(=S)N[C@H](c3ccccn3)[C@H]2c2cc(C)[nH]c2C)cc1. The van der Waals surface area contributed by atoms with Gasteiger partial charge >= 0.3 is 0 Å². The van der Waals surface area contributed by atoms with Crippen molar-refractivity contribution < 1.29 is 4.79 Å². The molecule has 0 bridgehead atoms. The van der Waals surface area contributed by atoms with Crippen LogP contribution in [0.2, 0.25) is 0 Å². The molecule has 2 atom stereocenters. The minimum atomic E-state index is -0.0808. The summed E-state index contributed by atoms with van der Waals surface area (Å²) in [5.41, 5.74) is 6.26. The summed E-state index contributed by atoms with van der Waals surface area (Å²) in [4.78, 5) is 22.7. The predicted octanol–water partition coefficient (Wildman–Crippen LogP) is 4.34. The highest BCUT2D eigenvalue weighted by molar-refractivity contribution is 7.80. The average molecular weight is 434 g/mol. The topological polar surface area (TPSA) is 73.1 Å². The Labute approximate surface area is 188 Å². The molecule has 0 unspecified atom stereocenters. The molecule has 3 aromatic rings. The number of rotatable bonds is 6. The summed E-state index contributed by atoms with van der Waals surface area (Å²) in [6.07, 6.45) is 2.13. The van der Waals surface area contributed by atoms with Crippen molar-refractivity contribution in [2.24, 2.45) is 0 Å². The summed E-state index contributed by atoms with van der Waals surface area (Å²) in [6, 6.07) is 15.7. The number of nitrogens with zero attached hydrogens (tertiary/aromatic N) is 2. The largest absolute Gasteiger partial charge is 0.362 e. The smallest absolute Gasteiger partial charge is 0.226 e. The molecule has 1 saturated heterocycles. The highest BCUT2D eigenvalue weighted by Crippen LogP contribution is 2.40. The fourth-order valence-corrected chi connectivity index (χ4v) is 4.45. The number of aryl methyl sites for hydroxylation is 3. The molecule has 4 rings (SSSR count). The predicted molar refractivity (Wildman–Crippen MR) is 127 cm³/mol. The number of nitrogens with one attached hydrogen (secondary N) is 3. The van der Waals surface area contributed by atoms with Gasteiger partial charge in [-0.1, -0.05) is 23.8 Å². The number of carbonyl (C=O) groups excluding carboxylic acids is 1. The molecule has 1 aliphatic rings. The van der Waals surface area contributed by atoms with Crippen molar-refractivity contribution in [1.82, 2.24) is 20.2 Å². The Morgan fingerprint density at radius 2 is 1.94 bits per heavy atom. The molecule has 6 nitrogen and oxygen atoms in total. The highest BCUT2D eigenvalue weighted by Gasteiger charge is 2.40. The minimum absolute atomic E-state index is 0.0336. The summed E-state index contributed by atoms with van der Waals surface area (Å²) in [7, 11) is 0. The Bertz CT molecular complexity index is 1080. The Balaban J connectivity index is 1.54. The van der Waals surface area contributed by atoms with Gasteiger partial charge in [0.2, 0.25) is 5.91 Å². The zero-order valence-electron chi connectivity index (χ0n) is 18.0. The van der Waals surface area contributed by atoms with Gasteiger partial charge in [0.1, 0.15) is 0 Å². The molecule has 1 aliphatic heterocycles. The highest BCUT2D eigenvalue weighted by atomic mass is 32.1. The van der Waals surface area contributed by atoms with Crippen molar-refractivity contribution in [2.75, 3.05) is 11.9 Å². The van der Waals surface area contributed by atoms with Crippen LogP contribution in [-0.2, 0) is 4.79 Å². The van der Waals surface area contributed by atoms with E-state index in [0.717, 1.165) is 28.3 Å². The van der Waals surface area contributed by atoms with Gasteiger partial charge < -0.3 is 20.5 Å². The molecule has 0 radical (unpaired) electrons. The third kappa shape index (κ3) is 4.61. The maximum absolute atomic E-state index is 12.6. The number of hydrogen-bond donors (Lipinski definition) is 3. The second-order valence-corrected chi connectivity index (χ2v) is 8.40. The zero-order chi connectivity index (χ0) is 22.0. The van der Waals surface area contributed by atoms with E-state index >= 15 is 0 Å². The van der Waals surface area contributed by atoms with E-state index in [2.05, 4.69) is 38.5 Å². The molecule has 7 heteroatoms. The molecule has 3 heterocycles. The van der Waals surface area contributed by atoms with Gasteiger partial charge in [0, 0.05) is 36.2 Å². The second-order valence-electron chi connectivity index (χ2n) is 8.02. The molecule has 1 fully saturated rings. The second kappa shape index (κ2) is 8.89. The molecule has 31 heavy (non-hydrogen) atoms. The average Bonchev–Trinajstić information content (AvgIpc) is 3.26. The Morgan fingerprint density at radius 1 is 1.16 bits per heavy atom. The summed E-state index contributed by atoms with van der Waals surface area (Å²) >= 11 is 5.69. The van der Waals surface area contributed by atoms with Crippen molar-refractivity contribution in [3.05, 3.63) is 82.9 Å². The normalized spacial score (nSPS) is 18.2. The molecule has 3 N–H and O–H groups in total. The molecule has 1 aromatic carbocycles. The fourth-order valence-electron chi connectivity index (χ4n) is 4.12. The number of carbonyl (C=O) groups is 1. The van der Waals surface area contributed by atoms with E-state index in [1.54, 1.807) is 6.20 Å². The first-order valence-corrected chi connectivity index (χ1v) is 10.8. The van der Waals surface area contributed by atoms with E-state index in [0.29, 0.717) is 18.1 Å². The van der Waals surface area contributed by atoms with Gasteiger partial charge in [0.05, 0.1) is 17.8 Å². The summed E-state index contributed by atoms with van der Waals surface area (Å²) in [5.74, 6) is -0.0336. The first kappa shape index (κ1) is 21.1. The number of thiocarbonyl (C=S) groups is 1. The van der Waals surface area contributed by atoms with Crippen LogP contribution in [0.15, 0.2) is 54.7 Å². The van der Waals surface area contributed by atoms with Crippen LogP contribution in [0.5, 0.6) is 0 Å². The van der Waals surface area contributed by atoms with Crippen molar-refractivity contribution in [3.63, 3.8) is 0 Å². The first-order chi connectivity index (χ1) is 14.9. The van der Waals surface area contributed by atoms with E-state index in [1.807, 2.05) is 56.3 Å². The van der Waals surface area contributed by atoms with Crippen LogP contribution in [0.25, 0.3) is 0 Å². The van der Waals surface area contributed by atoms with Crippen LogP contribution in [0, 0.1) is 20.8 Å². The van der Waals surface area contributed by atoms with Crippen molar-refractivity contribution >= 4 is 28.9 Å². The standard InChI is InChI=1S/C24H27N5OS/c1-15-7-9-18(10-8-15)27-21(30)11-13-29-23(19-14-16(2)26-17(19)3)22(28-24(29)31)20-6-4-5-12-25-20/h4-10,12,14,22-23,26H,11,13H2,1-3H3,(H,27,30)(H,28,31)/t22-,23-/m1/s1. The zero-order valence-corrected chi connectivity index (χ0v) is 18.8. The third-order valence-corrected chi connectivity index (χ3v) is 5.97. The summed E-state index contributed by atoms with van der Waals surface area (Å²) in [6.45, 7) is 6.66. The number of hydrogen-bond acceptors (Lipinski definition) is 3. The van der Waals surface area contributed by atoms with E-state index in [-0.39, 0.29) is 18.0 Å². The van der Waals surface area contributed by atoms with Gasteiger partial charge in [0.15, 0.2) is 5.11 Å². The van der Waals surface area contributed by atoms with Gasteiger partial charge in [-0.05, 0) is 68.9 Å². The lowest BCUT2D eigenvalue weighted by Crippen LogP contribution is -2.32. The number of H-pyrrole nitrogens is 1. The molecule has 160 valence electrons. The van der Waals surface area contributed by atoms with Gasteiger partial charge in [-0.15, -0.1) is 0 Å². The Morgan fingerprint density at radius 3 is 2.58 bits per heavy atom. The number of aromatic nitrogens is 2. The molecular weight excluding hydrogens is 406 g/mol. The quantitative estimate of drug-likeness (QED) is 0.505. The van der Waals surface area contributed by atoms with E-state index < -0.39 is 0 Å². The van der Waals surface area contributed by atoms with Gasteiger partial charge in [-0.2, -0.15) is 0 Å². The number of pyridine rings is 1. The van der Waals surface area contributed by atoms with Gasteiger partial charge in [-0.25, -0.2) is 0 Å². The lowest BCUT2D eigenvalue weighted by atomic mass is 9.96. The van der Waals surface area contributed by atoms with Crippen LogP contribution in [-0.4, -0.2) is 32.4 Å². The van der Waals surface area contributed by atoms with Gasteiger partial charge in [0.25, 0.3) is 0 Å². The van der Waals surface area contributed by atoms with Crippen LogP contribution in [0.4, 0.5) is 5.69 Å². The lowest BCUT2D eigenvalue weighted by Gasteiger charge is -2.27. The molecule has 0 aliphatic carbocycles. The Hall–Kier alpha value is -3.19. The van der Waals surface area contributed by atoms with E-state index in [9.17, 15) is 4.79 Å². The molecular formula is C24H27N5OS. The maximum atomic E-state index is 12.6. The van der Waals surface area contributed by atoms with Crippen molar-refractivity contribution in [1.29, 1.82) is 0 Å². The molecule has 0 saturated carbocycles. The Kier molecular flexibility index (Phi) is 6.04. The fraction of sp³-hybridized carbons (Fsp3) is 0.292. The van der Waals surface area contributed by atoms with E-state index in [4.69, 9.17) is 12.2 Å². The number of aromatic amines is 1. The molecule has 1 amide bonds. The number of amides is 1. The summed E-state index contributed by atoms with van der Waals surface area (Å²) in [5, 5.41) is 7.05. The van der Waals surface area contributed by atoms with Crippen molar-refractivity contribution in [2.45, 2.75) is 39.3 Å². The first-order valence-electron chi connectivity index (χ1n) is 10.4. The molecule has 0 spiro atoms. The molecule has 2 aromatic heterocycles. The van der Waals surface area contributed by atoms with Crippen LogP contribution in [0.1, 0.15) is 46.7 Å². The van der Waals surface area contributed by atoms with Crippen molar-refractivity contribution in [3.8, 4) is 0 Å². The number of anilines is 1. The monoisotopic (exact) mass is 433 g/mol. The van der Waals surface area contributed by atoms with Gasteiger partial charge in [-0.3, -0.25) is 9.78 Å². The minimum Gasteiger partial charge on any atom is -0.362 e. The lowest BCUT2D eigenvalue weighted by molar-refractivity contribution is -0.116. The van der Waals surface area contributed by atoms with Crippen LogP contribution < -0.4 is 10.6 Å². The third-order valence-electron chi connectivity index (χ3n) is 5.62. The maximum Gasteiger partial charge on any atom is 0.226 e. The van der Waals surface area contributed by atoms with Crippen LogP contribution >= 0.6 is 12.2 Å². The van der Waals surface area contributed by atoms with Crippen LogP contribution in [0.3, 0.4) is 0 Å². The number of benzene rings is 1. The summed E-state index contributed by atoms with van der Waals surface area (Å²) < 4.78 is 0. The van der Waals surface area contributed by atoms with E-state index in [1.165, 1.54) is 5.56 Å².